The molecular weight excluding hydrogens is 172 g/mol. The van der Waals surface area contributed by atoms with E-state index in [0.29, 0.717) is 6.10 Å². The van der Waals surface area contributed by atoms with E-state index >= 15 is 0 Å². The Kier molecular flexibility index (Phi) is 1.67. The highest BCUT2D eigenvalue weighted by atomic mass is 35.5. The lowest BCUT2D eigenvalue weighted by atomic mass is 9.98. The zero-order valence-corrected chi connectivity index (χ0v) is 7.93. The summed E-state index contributed by atoms with van der Waals surface area (Å²) in [6.45, 7) is 4.16. The standard InChI is InChI=1S/C10H11ClO/c1-7-10(2,12-7)8-4-3-5-9(11)6-8/h3-7H,1-2H3. The van der Waals surface area contributed by atoms with Crippen molar-refractivity contribution < 1.29 is 4.74 Å². The summed E-state index contributed by atoms with van der Waals surface area (Å²) in [4.78, 5) is 0. The predicted octanol–water partition coefficient (Wildman–Crippen LogP) is 2.97. The van der Waals surface area contributed by atoms with Gasteiger partial charge in [0.2, 0.25) is 0 Å². The van der Waals surface area contributed by atoms with Gasteiger partial charge in [0.1, 0.15) is 5.60 Å². The number of halogens is 1. The maximum atomic E-state index is 5.87. The molecular formula is C10H11ClO. The van der Waals surface area contributed by atoms with E-state index in [9.17, 15) is 0 Å². The fourth-order valence-corrected chi connectivity index (χ4v) is 1.62. The van der Waals surface area contributed by atoms with Crippen molar-refractivity contribution >= 4 is 11.6 Å². The van der Waals surface area contributed by atoms with Crippen LogP contribution in [0.2, 0.25) is 5.02 Å². The van der Waals surface area contributed by atoms with Crippen LogP contribution in [-0.4, -0.2) is 6.10 Å². The van der Waals surface area contributed by atoms with E-state index in [-0.39, 0.29) is 5.60 Å². The molecule has 0 N–H and O–H groups in total. The van der Waals surface area contributed by atoms with Gasteiger partial charge in [0, 0.05) is 5.02 Å². The van der Waals surface area contributed by atoms with Gasteiger partial charge in [0.05, 0.1) is 6.10 Å². The first-order valence-electron chi connectivity index (χ1n) is 4.07. The van der Waals surface area contributed by atoms with Crippen molar-refractivity contribution in [1.82, 2.24) is 0 Å². The van der Waals surface area contributed by atoms with Crippen molar-refractivity contribution in [3.63, 3.8) is 0 Å². The fraction of sp³-hybridized carbons (Fsp3) is 0.400. The first-order chi connectivity index (χ1) is 5.63. The predicted molar refractivity (Wildman–Crippen MR) is 49.4 cm³/mol. The molecule has 2 atom stereocenters. The molecule has 1 fully saturated rings. The van der Waals surface area contributed by atoms with Crippen LogP contribution in [0.25, 0.3) is 0 Å². The van der Waals surface area contributed by atoms with Crippen molar-refractivity contribution in [3.05, 3.63) is 34.9 Å². The van der Waals surface area contributed by atoms with Crippen LogP contribution in [-0.2, 0) is 10.3 Å². The van der Waals surface area contributed by atoms with Gasteiger partial charge in [0.25, 0.3) is 0 Å². The molecule has 12 heavy (non-hydrogen) atoms. The third-order valence-electron chi connectivity index (χ3n) is 2.54. The molecule has 1 aromatic rings. The summed E-state index contributed by atoms with van der Waals surface area (Å²) in [5.74, 6) is 0. The molecule has 0 radical (unpaired) electrons. The molecule has 2 unspecified atom stereocenters. The monoisotopic (exact) mass is 182 g/mol. The lowest BCUT2D eigenvalue weighted by Crippen LogP contribution is -2.04. The second-order valence-corrected chi connectivity index (χ2v) is 3.81. The van der Waals surface area contributed by atoms with Crippen molar-refractivity contribution in [3.8, 4) is 0 Å². The number of rotatable bonds is 1. The molecule has 1 aromatic carbocycles. The molecule has 0 saturated carbocycles. The van der Waals surface area contributed by atoms with Gasteiger partial charge in [-0.15, -0.1) is 0 Å². The summed E-state index contributed by atoms with van der Waals surface area (Å²) >= 11 is 5.87. The van der Waals surface area contributed by atoms with Crippen LogP contribution < -0.4 is 0 Å². The summed E-state index contributed by atoms with van der Waals surface area (Å²) in [5, 5.41) is 0.774. The number of hydrogen-bond donors (Lipinski definition) is 0. The minimum Gasteiger partial charge on any atom is -0.362 e. The van der Waals surface area contributed by atoms with Crippen LogP contribution in [0.3, 0.4) is 0 Å². The van der Waals surface area contributed by atoms with Gasteiger partial charge < -0.3 is 4.74 Å². The highest BCUT2D eigenvalue weighted by Gasteiger charge is 2.50. The maximum absolute atomic E-state index is 5.87. The van der Waals surface area contributed by atoms with Crippen LogP contribution >= 0.6 is 11.6 Å². The van der Waals surface area contributed by atoms with E-state index < -0.39 is 0 Å². The lowest BCUT2D eigenvalue weighted by molar-refractivity contribution is 0.316. The molecule has 0 bridgehead atoms. The molecule has 1 heterocycles. The second kappa shape index (κ2) is 2.48. The van der Waals surface area contributed by atoms with E-state index in [1.807, 2.05) is 18.2 Å². The lowest BCUT2D eigenvalue weighted by Gasteiger charge is -2.05. The number of epoxide rings is 1. The molecule has 1 aliphatic heterocycles. The van der Waals surface area contributed by atoms with Gasteiger partial charge in [-0.3, -0.25) is 0 Å². The number of ether oxygens (including phenoxy) is 1. The quantitative estimate of drug-likeness (QED) is 0.609. The summed E-state index contributed by atoms with van der Waals surface area (Å²) in [5.41, 5.74) is 1.08. The largest absolute Gasteiger partial charge is 0.362 e. The maximum Gasteiger partial charge on any atom is 0.117 e. The van der Waals surface area contributed by atoms with Crippen molar-refractivity contribution in [1.29, 1.82) is 0 Å². The molecule has 0 aliphatic carbocycles. The Morgan fingerprint density at radius 1 is 1.50 bits per heavy atom. The molecule has 1 saturated heterocycles. The van der Waals surface area contributed by atoms with Gasteiger partial charge in [-0.25, -0.2) is 0 Å². The third kappa shape index (κ3) is 1.13. The molecule has 1 nitrogen and oxygen atoms in total. The normalized spacial score (nSPS) is 33.4. The van der Waals surface area contributed by atoms with E-state index in [2.05, 4.69) is 19.9 Å². The van der Waals surface area contributed by atoms with Crippen LogP contribution in [0.15, 0.2) is 24.3 Å². The smallest absolute Gasteiger partial charge is 0.117 e. The summed E-state index contributed by atoms with van der Waals surface area (Å²) < 4.78 is 5.49. The molecule has 0 amide bonds. The highest BCUT2D eigenvalue weighted by Crippen LogP contribution is 2.45. The molecule has 1 aliphatic rings. The summed E-state index contributed by atoms with van der Waals surface area (Å²) in [7, 11) is 0. The first-order valence-corrected chi connectivity index (χ1v) is 4.44. The molecule has 0 aromatic heterocycles. The fourth-order valence-electron chi connectivity index (χ4n) is 1.43. The van der Waals surface area contributed by atoms with Gasteiger partial charge in [0.15, 0.2) is 0 Å². The van der Waals surface area contributed by atoms with E-state index in [1.165, 1.54) is 5.56 Å². The van der Waals surface area contributed by atoms with Crippen molar-refractivity contribution in [2.24, 2.45) is 0 Å². The Bertz CT molecular complexity index is 310. The Hall–Kier alpha value is -0.530. The highest BCUT2D eigenvalue weighted by molar-refractivity contribution is 6.30. The Balaban J connectivity index is 2.36. The SMILES string of the molecule is CC1OC1(C)c1cccc(Cl)c1. The first kappa shape index (κ1) is 8.09. The Morgan fingerprint density at radius 2 is 2.17 bits per heavy atom. The van der Waals surface area contributed by atoms with Crippen LogP contribution in [0.1, 0.15) is 19.4 Å². The van der Waals surface area contributed by atoms with Crippen molar-refractivity contribution in [2.75, 3.05) is 0 Å². The van der Waals surface area contributed by atoms with Gasteiger partial charge in [-0.2, -0.15) is 0 Å². The number of benzene rings is 1. The summed E-state index contributed by atoms with van der Waals surface area (Å²) in [6.07, 6.45) is 0.316. The van der Waals surface area contributed by atoms with E-state index in [0.717, 1.165) is 5.02 Å². The zero-order valence-electron chi connectivity index (χ0n) is 7.17. The van der Waals surface area contributed by atoms with Crippen molar-refractivity contribution in [2.45, 2.75) is 25.6 Å². The number of hydrogen-bond acceptors (Lipinski definition) is 1. The minimum atomic E-state index is -0.0924. The Morgan fingerprint density at radius 3 is 2.67 bits per heavy atom. The average molecular weight is 183 g/mol. The van der Waals surface area contributed by atoms with Gasteiger partial charge in [-0.1, -0.05) is 23.7 Å². The van der Waals surface area contributed by atoms with Crippen LogP contribution in [0.5, 0.6) is 0 Å². The molecule has 2 rings (SSSR count). The zero-order chi connectivity index (χ0) is 8.77. The van der Waals surface area contributed by atoms with Crippen LogP contribution in [0, 0.1) is 0 Å². The summed E-state index contributed by atoms with van der Waals surface area (Å²) in [6, 6.07) is 7.85. The van der Waals surface area contributed by atoms with Gasteiger partial charge in [-0.05, 0) is 31.5 Å². The average Bonchev–Trinajstić information content (AvgIpc) is 2.61. The molecule has 2 heteroatoms. The van der Waals surface area contributed by atoms with E-state index in [4.69, 9.17) is 16.3 Å². The topological polar surface area (TPSA) is 12.5 Å². The molecule has 0 spiro atoms. The Labute approximate surface area is 77.3 Å². The van der Waals surface area contributed by atoms with Gasteiger partial charge >= 0.3 is 0 Å². The molecule has 64 valence electrons. The van der Waals surface area contributed by atoms with Crippen LogP contribution in [0.4, 0.5) is 0 Å². The second-order valence-electron chi connectivity index (χ2n) is 3.38. The van der Waals surface area contributed by atoms with E-state index in [1.54, 1.807) is 0 Å². The third-order valence-corrected chi connectivity index (χ3v) is 2.77. The minimum absolute atomic E-state index is 0.0924.